The lowest BCUT2D eigenvalue weighted by Crippen LogP contribution is -2.34. The van der Waals surface area contributed by atoms with E-state index in [0.29, 0.717) is 6.67 Å². The van der Waals surface area contributed by atoms with E-state index in [1.807, 2.05) is 12.1 Å². The number of hydrogen-bond donors (Lipinski definition) is 1. The molecule has 136 valence electrons. The molecule has 1 saturated heterocycles. The van der Waals surface area contributed by atoms with E-state index in [2.05, 4.69) is 96.8 Å². The number of benzene rings is 3. The molecular weight excluding hydrogens is 332 g/mol. The van der Waals surface area contributed by atoms with Crippen LogP contribution in [0.25, 0.3) is 0 Å². The fourth-order valence-corrected chi connectivity index (χ4v) is 3.37. The largest absolute Gasteiger partial charge is 0.291 e. The average molecular weight is 356 g/mol. The molecule has 0 radical (unpaired) electrons. The standard InChI is InChI=1S/C23H24N4/c1-17-10-4-7-13-20(17)24-23-25-27(22-15-9-6-12-19(22)3)16-26(23)21-14-8-5-11-18(21)2/h4-15H,16H2,1-3H3,(H,24,25). The summed E-state index contributed by atoms with van der Waals surface area (Å²) in [7, 11) is 0. The molecule has 1 N–H and O–H groups in total. The van der Waals surface area contributed by atoms with E-state index in [-0.39, 0.29) is 0 Å². The first-order valence-electron chi connectivity index (χ1n) is 9.21. The Kier molecular flexibility index (Phi) is 4.55. The van der Waals surface area contributed by atoms with Crippen LogP contribution in [0, 0.1) is 20.8 Å². The quantitative estimate of drug-likeness (QED) is 0.709. The Hall–Kier alpha value is -3.27. The second-order valence-electron chi connectivity index (χ2n) is 6.90. The highest BCUT2D eigenvalue weighted by Crippen LogP contribution is 2.28. The number of hydrogen-bond acceptors (Lipinski definition) is 2. The molecule has 0 aromatic heterocycles. The number of rotatable bonds is 3. The third-order valence-corrected chi connectivity index (χ3v) is 4.93. The lowest BCUT2D eigenvalue weighted by Gasteiger charge is -2.21. The van der Waals surface area contributed by atoms with Gasteiger partial charge < -0.3 is 0 Å². The van der Waals surface area contributed by atoms with Crippen molar-refractivity contribution >= 4 is 23.0 Å². The van der Waals surface area contributed by atoms with Crippen LogP contribution in [-0.4, -0.2) is 12.6 Å². The van der Waals surface area contributed by atoms with Crippen molar-refractivity contribution in [3.63, 3.8) is 0 Å². The average Bonchev–Trinajstić information content (AvgIpc) is 3.08. The Labute approximate surface area is 160 Å². The van der Waals surface area contributed by atoms with Crippen molar-refractivity contribution in [3.05, 3.63) is 89.5 Å². The zero-order chi connectivity index (χ0) is 18.8. The van der Waals surface area contributed by atoms with Crippen LogP contribution in [0.3, 0.4) is 0 Å². The van der Waals surface area contributed by atoms with E-state index >= 15 is 0 Å². The van der Waals surface area contributed by atoms with E-state index in [9.17, 15) is 0 Å². The number of anilines is 2. The molecule has 1 aliphatic heterocycles. The molecule has 0 aliphatic carbocycles. The van der Waals surface area contributed by atoms with Gasteiger partial charge in [-0.1, -0.05) is 54.6 Å². The molecule has 4 heteroatoms. The highest BCUT2D eigenvalue weighted by atomic mass is 15.7. The molecule has 0 atom stereocenters. The summed E-state index contributed by atoms with van der Waals surface area (Å²) in [5.41, 5.74) is 10.4. The minimum atomic E-state index is 0.695. The monoisotopic (exact) mass is 356 g/mol. The van der Waals surface area contributed by atoms with Crippen molar-refractivity contribution in [1.82, 2.24) is 5.43 Å². The Bertz CT molecular complexity index is 993. The maximum Gasteiger partial charge on any atom is 0.224 e. The normalized spacial score (nSPS) is 15.3. The fraction of sp³-hybridized carbons (Fsp3) is 0.174. The predicted molar refractivity (Wildman–Crippen MR) is 114 cm³/mol. The molecule has 1 fully saturated rings. The number of aliphatic imine (C=N–C) groups is 1. The van der Waals surface area contributed by atoms with E-state index in [1.165, 1.54) is 11.1 Å². The maximum absolute atomic E-state index is 4.95. The summed E-state index contributed by atoms with van der Waals surface area (Å²) in [6, 6.07) is 25.0. The van der Waals surface area contributed by atoms with Gasteiger partial charge in [-0.05, 0) is 55.7 Å². The van der Waals surface area contributed by atoms with Gasteiger partial charge in [0.1, 0.15) is 6.67 Å². The first-order chi connectivity index (χ1) is 13.1. The van der Waals surface area contributed by atoms with Crippen LogP contribution in [-0.2, 0) is 0 Å². The molecule has 1 heterocycles. The van der Waals surface area contributed by atoms with Crippen LogP contribution in [0.15, 0.2) is 77.8 Å². The summed E-state index contributed by atoms with van der Waals surface area (Å²) in [4.78, 5) is 7.18. The topological polar surface area (TPSA) is 30.9 Å². The number of nitrogens with zero attached hydrogens (tertiary/aromatic N) is 3. The van der Waals surface area contributed by atoms with E-state index < -0.39 is 0 Å². The van der Waals surface area contributed by atoms with Crippen molar-refractivity contribution < 1.29 is 0 Å². The summed E-state index contributed by atoms with van der Waals surface area (Å²) in [6.45, 7) is 7.05. The molecule has 4 nitrogen and oxygen atoms in total. The summed E-state index contributed by atoms with van der Waals surface area (Å²) in [5.74, 6) is 0.835. The lowest BCUT2D eigenvalue weighted by molar-refractivity contribution is 0.849. The van der Waals surface area contributed by atoms with E-state index in [0.717, 1.165) is 28.6 Å². The molecule has 0 amide bonds. The molecule has 0 saturated carbocycles. The Morgan fingerprint density at radius 1 is 0.704 bits per heavy atom. The first-order valence-corrected chi connectivity index (χ1v) is 9.21. The number of para-hydroxylation sites is 3. The summed E-state index contributed by atoms with van der Waals surface area (Å²) < 4.78 is 0. The smallest absolute Gasteiger partial charge is 0.224 e. The van der Waals surface area contributed by atoms with E-state index in [4.69, 9.17) is 4.99 Å². The SMILES string of the molecule is Cc1ccccc1N=C1NN(c2ccccc2C)CN1c1ccccc1C. The van der Waals surface area contributed by atoms with Crippen LogP contribution in [0.4, 0.5) is 17.1 Å². The van der Waals surface area contributed by atoms with Gasteiger partial charge in [-0.25, -0.2) is 4.99 Å². The second-order valence-corrected chi connectivity index (χ2v) is 6.90. The Balaban J connectivity index is 1.78. The molecule has 0 spiro atoms. The van der Waals surface area contributed by atoms with Crippen molar-refractivity contribution in [1.29, 1.82) is 0 Å². The maximum atomic E-state index is 4.95. The molecule has 27 heavy (non-hydrogen) atoms. The van der Waals surface area contributed by atoms with Crippen molar-refractivity contribution in [2.45, 2.75) is 20.8 Å². The van der Waals surface area contributed by atoms with E-state index in [1.54, 1.807) is 0 Å². The van der Waals surface area contributed by atoms with Crippen molar-refractivity contribution in [3.8, 4) is 0 Å². The van der Waals surface area contributed by atoms with Crippen LogP contribution in [0.1, 0.15) is 16.7 Å². The predicted octanol–water partition coefficient (Wildman–Crippen LogP) is 5.09. The summed E-state index contributed by atoms with van der Waals surface area (Å²) >= 11 is 0. The van der Waals surface area contributed by atoms with Gasteiger partial charge in [0.15, 0.2) is 0 Å². The highest BCUT2D eigenvalue weighted by molar-refractivity contribution is 6.02. The van der Waals surface area contributed by atoms with Gasteiger partial charge in [0.2, 0.25) is 5.96 Å². The van der Waals surface area contributed by atoms with Crippen molar-refractivity contribution in [2.24, 2.45) is 4.99 Å². The third kappa shape index (κ3) is 3.38. The molecule has 3 aromatic carbocycles. The van der Waals surface area contributed by atoms with Crippen LogP contribution in [0.2, 0.25) is 0 Å². The summed E-state index contributed by atoms with van der Waals surface area (Å²) in [5, 5.41) is 2.15. The highest BCUT2D eigenvalue weighted by Gasteiger charge is 2.28. The minimum absolute atomic E-state index is 0.695. The zero-order valence-electron chi connectivity index (χ0n) is 16.0. The zero-order valence-corrected chi connectivity index (χ0v) is 16.0. The van der Waals surface area contributed by atoms with Gasteiger partial charge in [0.05, 0.1) is 11.4 Å². The molecule has 0 bridgehead atoms. The number of nitrogens with one attached hydrogen (secondary N) is 1. The first kappa shape index (κ1) is 17.2. The third-order valence-electron chi connectivity index (χ3n) is 4.93. The molecule has 4 rings (SSSR count). The lowest BCUT2D eigenvalue weighted by atomic mass is 10.2. The minimum Gasteiger partial charge on any atom is -0.291 e. The number of aryl methyl sites for hydroxylation is 3. The fourth-order valence-electron chi connectivity index (χ4n) is 3.37. The number of hydrazine groups is 1. The Morgan fingerprint density at radius 3 is 1.89 bits per heavy atom. The van der Waals surface area contributed by atoms with Gasteiger partial charge in [-0.15, -0.1) is 0 Å². The van der Waals surface area contributed by atoms with Crippen LogP contribution < -0.4 is 15.3 Å². The van der Waals surface area contributed by atoms with Crippen LogP contribution >= 0.6 is 0 Å². The Morgan fingerprint density at radius 2 is 1.26 bits per heavy atom. The van der Waals surface area contributed by atoms with Crippen molar-refractivity contribution in [2.75, 3.05) is 16.6 Å². The number of guanidine groups is 1. The molecule has 3 aromatic rings. The molecular formula is C23H24N4. The van der Waals surface area contributed by atoms with Crippen LogP contribution in [0.5, 0.6) is 0 Å². The van der Waals surface area contributed by atoms with Gasteiger partial charge in [0.25, 0.3) is 0 Å². The van der Waals surface area contributed by atoms with Gasteiger partial charge in [-0.2, -0.15) is 0 Å². The van der Waals surface area contributed by atoms with Gasteiger partial charge in [-0.3, -0.25) is 15.3 Å². The van der Waals surface area contributed by atoms with Gasteiger partial charge in [0, 0.05) is 5.69 Å². The second kappa shape index (κ2) is 7.16. The summed E-state index contributed by atoms with van der Waals surface area (Å²) in [6.07, 6.45) is 0. The van der Waals surface area contributed by atoms with Gasteiger partial charge >= 0.3 is 0 Å². The molecule has 0 unspecified atom stereocenters. The molecule has 1 aliphatic rings.